The van der Waals surface area contributed by atoms with Gasteiger partial charge in [0.15, 0.2) is 11.5 Å². The zero-order valence-electron chi connectivity index (χ0n) is 10.6. The van der Waals surface area contributed by atoms with E-state index in [0.29, 0.717) is 11.1 Å². The van der Waals surface area contributed by atoms with Crippen LogP contribution in [0.5, 0.6) is 0 Å². The SMILES string of the molecule is C/C(=C\c1cc(-c2cnc(C#N)c(F)c2)cs1)C(N)=O. The number of primary amides is 1. The fourth-order valence-electron chi connectivity index (χ4n) is 1.54. The van der Waals surface area contributed by atoms with Crippen molar-refractivity contribution in [2.45, 2.75) is 6.92 Å². The number of amides is 1. The van der Waals surface area contributed by atoms with Crippen LogP contribution in [0.3, 0.4) is 0 Å². The average molecular weight is 287 g/mol. The molecular formula is C14H10FN3OS. The minimum atomic E-state index is -0.651. The predicted molar refractivity (Wildman–Crippen MR) is 75.1 cm³/mol. The number of nitrogens with zero attached hydrogens (tertiary/aromatic N) is 2. The van der Waals surface area contributed by atoms with Gasteiger partial charge in [-0.25, -0.2) is 9.37 Å². The fourth-order valence-corrected chi connectivity index (χ4v) is 2.45. The molecule has 0 aromatic carbocycles. The van der Waals surface area contributed by atoms with Gasteiger partial charge in [-0.1, -0.05) is 0 Å². The lowest BCUT2D eigenvalue weighted by molar-refractivity contribution is -0.114. The van der Waals surface area contributed by atoms with Crippen LogP contribution in [0.4, 0.5) is 4.39 Å². The van der Waals surface area contributed by atoms with E-state index < -0.39 is 11.7 Å². The third-order valence-corrected chi connectivity index (χ3v) is 3.53. The van der Waals surface area contributed by atoms with Gasteiger partial charge in [0.25, 0.3) is 0 Å². The quantitative estimate of drug-likeness (QED) is 0.881. The zero-order valence-corrected chi connectivity index (χ0v) is 11.4. The molecule has 0 atom stereocenters. The van der Waals surface area contributed by atoms with Gasteiger partial charge in [-0.2, -0.15) is 5.26 Å². The summed E-state index contributed by atoms with van der Waals surface area (Å²) in [4.78, 5) is 15.5. The van der Waals surface area contributed by atoms with E-state index >= 15 is 0 Å². The molecule has 2 aromatic rings. The van der Waals surface area contributed by atoms with E-state index in [2.05, 4.69) is 4.98 Å². The number of nitriles is 1. The lowest BCUT2D eigenvalue weighted by atomic mass is 10.1. The molecule has 6 heteroatoms. The number of carbonyl (C=O) groups is 1. The first-order chi connectivity index (χ1) is 9.51. The van der Waals surface area contributed by atoms with Gasteiger partial charge in [-0.05, 0) is 36.1 Å². The van der Waals surface area contributed by atoms with Crippen LogP contribution >= 0.6 is 11.3 Å². The van der Waals surface area contributed by atoms with Crippen molar-refractivity contribution in [1.29, 1.82) is 5.26 Å². The molecule has 0 aliphatic rings. The first kappa shape index (κ1) is 13.9. The molecule has 4 nitrogen and oxygen atoms in total. The second kappa shape index (κ2) is 5.63. The summed E-state index contributed by atoms with van der Waals surface area (Å²) in [6, 6.07) is 4.74. The second-order valence-electron chi connectivity index (χ2n) is 4.10. The minimum Gasteiger partial charge on any atom is -0.366 e. The molecule has 0 fully saturated rings. The Hall–Kier alpha value is -2.52. The number of aromatic nitrogens is 1. The van der Waals surface area contributed by atoms with Gasteiger partial charge in [0.2, 0.25) is 5.91 Å². The normalized spacial score (nSPS) is 11.2. The van der Waals surface area contributed by atoms with Crippen molar-refractivity contribution in [3.8, 4) is 17.2 Å². The van der Waals surface area contributed by atoms with Gasteiger partial charge in [-0.15, -0.1) is 11.3 Å². The second-order valence-corrected chi connectivity index (χ2v) is 5.04. The largest absolute Gasteiger partial charge is 0.366 e. The van der Waals surface area contributed by atoms with Gasteiger partial charge in [0, 0.05) is 22.2 Å². The van der Waals surface area contributed by atoms with Crippen LogP contribution < -0.4 is 5.73 Å². The number of hydrogen-bond donors (Lipinski definition) is 1. The van der Waals surface area contributed by atoms with Crippen molar-refractivity contribution in [3.63, 3.8) is 0 Å². The van der Waals surface area contributed by atoms with Crippen molar-refractivity contribution < 1.29 is 9.18 Å². The maximum atomic E-state index is 13.5. The number of hydrogen-bond acceptors (Lipinski definition) is 4. The first-order valence-electron chi connectivity index (χ1n) is 5.64. The van der Waals surface area contributed by atoms with Gasteiger partial charge < -0.3 is 5.73 Å². The lowest BCUT2D eigenvalue weighted by Gasteiger charge is -1.98. The molecule has 0 spiro atoms. The summed E-state index contributed by atoms with van der Waals surface area (Å²) in [6.45, 7) is 1.63. The molecule has 0 saturated carbocycles. The molecule has 2 rings (SSSR count). The summed E-state index contributed by atoms with van der Waals surface area (Å²) in [5.41, 5.74) is 6.73. The number of thiophene rings is 1. The lowest BCUT2D eigenvalue weighted by Crippen LogP contribution is -2.11. The molecule has 2 heterocycles. The Kier molecular flexibility index (Phi) is 3.91. The minimum absolute atomic E-state index is 0.228. The van der Waals surface area contributed by atoms with Crippen molar-refractivity contribution in [2.75, 3.05) is 0 Å². The van der Waals surface area contributed by atoms with Crippen LogP contribution in [0.15, 0.2) is 29.3 Å². The summed E-state index contributed by atoms with van der Waals surface area (Å²) in [5.74, 6) is -1.13. The van der Waals surface area contributed by atoms with Crippen LogP contribution in [0, 0.1) is 17.1 Å². The molecule has 0 bridgehead atoms. The number of nitrogens with two attached hydrogens (primary N) is 1. The molecule has 0 radical (unpaired) electrons. The Morgan fingerprint density at radius 3 is 2.85 bits per heavy atom. The molecule has 100 valence electrons. The molecule has 20 heavy (non-hydrogen) atoms. The molecule has 0 unspecified atom stereocenters. The highest BCUT2D eigenvalue weighted by Gasteiger charge is 2.08. The van der Waals surface area contributed by atoms with Crippen molar-refractivity contribution in [3.05, 3.63) is 45.7 Å². The number of halogens is 1. The highest BCUT2D eigenvalue weighted by atomic mass is 32.1. The Bertz CT molecular complexity index is 743. The van der Waals surface area contributed by atoms with Crippen LogP contribution in [-0.4, -0.2) is 10.9 Å². The molecule has 0 aliphatic carbocycles. The summed E-state index contributed by atoms with van der Waals surface area (Å²) in [6.07, 6.45) is 3.11. The fraction of sp³-hybridized carbons (Fsp3) is 0.0714. The third-order valence-electron chi connectivity index (χ3n) is 2.65. The van der Waals surface area contributed by atoms with Crippen LogP contribution in [0.25, 0.3) is 17.2 Å². The van der Waals surface area contributed by atoms with Gasteiger partial charge in [0.1, 0.15) is 6.07 Å². The predicted octanol–water partition coefficient (Wildman–Crippen LogP) is 2.71. The van der Waals surface area contributed by atoms with E-state index in [1.165, 1.54) is 23.6 Å². The van der Waals surface area contributed by atoms with Gasteiger partial charge in [-0.3, -0.25) is 4.79 Å². The van der Waals surface area contributed by atoms with E-state index in [-0.39, 0.29) is 5.69 Å². The molecule has 0 aliphatic heterocycles. The molecule has 2 N–H and O–H groups in total. The monoisotopic (exact) mass is 287 g/mol. The number of carbonyl (C=O) groups excluding carboxylic acids is 1. The standard InChI is InChI=1S/C14H10FN3OS/c1-8(14(17)19)2-11-3-10(7-20-11)9-4-12(15)13(5-16)18-6-9/h2-4,6-7H,1H3,(H2,17,19)/b8-2+. The van der Waals surface area contributed by atoms with Gasteiger partial charge >= 0.3 is 0 Å². The highest BCUT2D eigenvalue weighted by molar-refractivity contribution is 7.11. The summed E-state index contributed by atoms with van der Waals surface area (Å²) < 4.78 is 13.5. The smallest absolute Gasteiger partial charge is 0.244 e. The maximum absolute atomic E-state index is 13.5. The molecule has 0 saturated heterocycles. The van der Waals surface area contributed by atoms with E-state index in [9.17, 15) is 9.18 Å². The number of pyridine rings is 1. The van der Waals surface area contributed by atoms with Crippen molar-refractivity contribution >= 4 is 23.3 Å². The average Bonchev–Trinajstić information content (AvgIpc) is 2.87. The van der Waals surface area contributed by atoms with E-state index in [0.717, 1.165) is 10.4 Å². The zero-order chi connectivity index (χ0) is 14.7. The van der Waals surface area contributed by atoms with Crippen LogP contribution in [0.1, 0.15) is 17.5 Å². The maximum Gasteiger partial charge on any atom is 0.244 e. The van der Waals surface area contributed by atoms with Crippen molar-refractivity contribution in [2.24, 2.45) is 5.73 Å². The third kappa shape index (κ3) is 2.90. The first-order valence-corrected chi connectivity index (χ1v) is 6.52. The number of rotatable bonds is 3. The Labute approximate surface area is 119 Å². The van der Waals surface area contributed by atoms with Crippen molar-refractivity contribution in [1.82, 2.24) is 4.98 Å². The summed E-state index contributed by atoms with van der Waals surface area (Å²) in [7, 11) is 0. The van der Waals surface area contributed by atoms with E-state index in [4.69, 9.17) is 11.0 Å². The summed E-state index contributed by atoms with van der Waals surface area (Å²) in [5, 5.41) is 10.5. The highest BCUT2D eigenvalue weighted by Crippen LogP contribution is 2.27. The Morgan fingerprint density at radius 1 is 1.50 bits per heavy atom. The van der Waals surface area contributed by atoms with E-state index in [1.54, 1.807) is 25.1 Å². The molecule has 2 aromatic heterocycles. The topological polar surface area (TPSA) is 79.8 Å². The van der Waals surface area contributed by atoms with E-state index in [1.807, 2.05) is 5.38 Å². The summed E-state index contributed by atoms with van der Waals surface area (Å²) >= 11 is 1.41. The van der Waals surface area contributed by atoms with Crippen LogP contribution in [-0.2, 0) is 4.79 Å². The van der Waals surface area contributed by atoms with Crippen LogP contribution in [0.2, 0.25) is 0 Å². The Balaban J connectivity index is 2.34. The molecule has 1 amide bonds. The van der Waals surface area contributed by atoms with Gasteiger partial charge in [0.05, 0.1) is 0 Å². The Morgan fingerprint density at radius 2 is 2.25 bits per heavy atom. The molecular weight excluding hydrogens is 277 g/mol.